The van der Waals surface area contributed by atoms with Crippen LogP contribution in [0.1, 0.15) is 20.3 Å². The Kier molecular flexibility index (Phi) is 10.5. The predicted octanol–water partition coefficient (Wildman–Crippen LogP) is 8.25. The van der Waals surface area contributed by atoms with Crippen LogP contribution < -0.4 is 24.8 Å². The Morgan fingerprint density at radius 2 is 1.60 bits per heavy atom. The molecule has 0 spiro atoms. The zero-order chi connectivity index (χ0) is 31.8. The molecular weight excluding hydrogens is 581 g/mol. The van der Waals surface area contributed by atoms with Crippen LogP contribution in [-0.2, 0) is 0 Å². The molecule has 1 atom stereocenters. The number of benzene rings is 3. The number of fused-ring (bicyclic) bond motifs is 1. The van der Waals surface area contributed by atoms with Crippen LogP contribution in [0.2, 0.25) is 0 Å². The van der Waals surface area contributed by atoms with Gasteiger partial charge < -0.3 is 24.8 Å². The molecule has 1 unspecified atom stereocenters. The molecule has 1 aromatic heterocycles. The number of para-hydroxylation sites is 2. The number of anilines is 4. The average molecular weight is 623 g/mol. The first-order valence-corrected chi connectivity index (χ1v) is 16.6. The molecule has 3 aromatic carbocycles. The minimum atomic E-state index is -0.622. The van der Waals surface area contributed by atoms with Crippen LogP contribution in [0.4, 0.5) is 23.0 Å². The molecule has 0 bridgehead atoms. The van der Waals surface area contributed by atoms with Crippen LogP contribution in [-0.4, -0.2) is 54.6 Å². The van der Waals surface area contributed by atoms with E-state index in [4.69, 9.17) is 19.4 Å². The van der Waals surface area contributed by atoms with Crippen molar-refractivity contribution in [1.82, 2.24) is 14.9 Å². The van der Waals surface area contributed by atoms with Gasteiger partial charge in [0.05, 0.1) is 25.3 Å². The van der Waals surface area contributed by atoms with E-state index in [1.165, 1.54) is 5.57 Å². The van der Waals surface area contributed by atoms with Crippen molar-refractivity contribution < 1.29 is 9.47 Å². The van der Waals surface area contributed by atoms with Gasteiger partial charge in [-0.05, 0) is 36.8 Å². The number of methoxy groups -OCH3 is 2. The molecule has 1 fully saturated rings. The monoisotopic (exact) mass is 622 g/mol. The van der Waals surface area contributed by atoms with Crippen molar-refractivity contribution in [3.63, 3.8) is 0 Å². The minimum absolute atomic E-state index is 0.437. The zero-order valence-electron chi connectivity index (χ0n) is 26.5. The van der Waals surface area contributed by atoms with Crippen LogP contribution in [0.15, 0.2) is 108 Å². The Morgan fingerprint density at radius 3 is 2.24 bits per heavy atom. The lowest BCUT2D eigenvalue weighted by atomic mass is 9.96. The Labute approximate surface area is 268 Å². The second-order valence-electron chi connectivity index (χ2n) is 10.7. The largest absolute Gasteiger partial charge is 0.497 e. The Balaban J connectivity index is 0.00000196. The second kappa shape index (κ2) is 14.9. The van der Waals surface area contributed by atoms with Gasteiger partial charge in [0, 0.05) is 65.7 Å². The highest BCUT2D eigenvalue weighted by atomic mass is 32.2. The summed E-state index contributed by atoms with van der Waals surface area (Å²) < 4.78 is 14.4. The molecule has 8 nitrogen and oxygen atoms in total. The summed E-state index contributed by atoms with van der Waals surface area (Å²) in [6.07, 6.45) is 7.67. The summed E-state index contributed by atoms with van der Waals surface area (Å²) >= 11 is 0. The quantitative estimate of drug-likeness (QED) is 0.136. The number of nitrogens with zero attached hydrogens (tertiary/aromatic N) is 3. The van der Waals surface area contributed by atoms with Gasteiger partial charge in [-0.2, -0.15) is 0 Å². The molecule has 1 saturated heterocycles. The number of allylic oxidation sites excluding steroid dienone is 3. The first-order chi connectivity index (χ1) is 22.0. The van der Waals surface area contributed by atoms with Crippen molar-refractivity contribution in [1.29, 1.82) is 0 Å². The Bertz CT molecular complexity index is 1720. The number of hydrogen-bond donors (Lipinski definition) is 3. The topological polar surface area (TPSA) is 83.6 Å². The number of hydrogen-bond acceptors (Lipinski definition) is 8. The van der Waals surface area contributed by atoms with E-state index < -0.39 is 10.7 Å². The lowest BCUT2D eigenvalue weighted by Gasteiger charge is -2.40. The number of aromatic nitrogens is 2. The van der Waals surface area contributed by atoms with Crippen LogP contribution in [0.5, 0.6) is 11.5 Å². The van der Waals surface area contributed by atoms with Crippen LogP contribution in [0.3, 0.4) is 0 Å². The summed E-state index contributed by atoms with van der Waals surface area (Å²) in [5.41, 5.74) is 5.87. The van der Waals surface area contributed by atoms with E-state index >= 15 is 0 Å². The molecule has 1 aliphatic carbocycles. The highest BCUT2D eigenvalue weighted by molar-refractivity contribution is 8.15. The first-order valence-electron chi connectivity index (χ1n) is 15.2. The van der Waals surface area contributed by atoms with Crippen molar-refractivity contribution in [3.05, 3.63) is 103 Å². The van der Waals surface area contributed by atoms with Crippen molar-refractivity contribution in [2.45, 2.75) is 25.2 Å². The molecule has 234 valence electrons. The van der Waals surface area contributed by atoms with E-state index in [9.17, 15) is 0 Å². The summed E-state index contributed by atoms with van der Waals surface area (Å²) in [6.45, 7) is 11.4. The molecule has 0 radical (unpaired) electrons. The summed E-state index contributed by atoms with van der Waals surface area (Å²) in [4.78, 5) is 13.3. The van der Waals surface area contributed by atoms with Gasteiger partial charge >= 0.3 is 0 Å². The molecule has 2 aliphatic rings. The van der Waals surface area contributed by atoms with E-state index in [0.29, 0.717) is 29.1 Å². The predicted molar refractivity (Wildman–Crippen MR) is 191 cm³/mol. The number of rotatable bonds is 12. The van der Waals surface area contributed by atoms with Crippen molar-refractivity contribution >= 4 is 50.6 Å². The van der Waals surface area contributed by atoms with Gasteiger partial charge in [-0.1, -0.05) is 79.0 Å². The van der Waals surface area contributed by atoms with Gasteiger partial charge in [0.2, 0.25) is 0 Å². The lowest BCUT2D eigenvalue weighted by Crippen LogP contribution is -2.48. The molecule has 4 aromatic rings. The highest BCUT2D eigenvalue weighted by Gasteiger charge is 2.29. The van der Waals surface area contributed by atoms with E-state index in [2.05, 4.69) is 69.1 Å². The molecule has 0 amide bonds. The van der Waals surface area contributed by atoms with Crippen LogP contribution in [0, 0.1) is 5.92 Å². The third-order valence-corrected chi connectivity index (χ3v) is 8.82. The molecule has 2 heterocycles. The highest BCUT2D eigenvalue weighted by Crippen LogP contribution is 2.35. The van der Waals surface area contributed by atoms with Gasteiger partial charge in [-0.15, -0.1) is 0 Å². The molecule has 6 rings (SSSR count). The van der Waals surface area contributed by atoms with Gasteiger partial charge in [-0.3, -0.25) is 4.90 Å². The summed E-state index contributed by atoms with van der Waals surface area (Å²) in [5.74, 6) is 7.40. The maximum atomic E-state index is 5.45. The van der Waals surface area contributed by atoms with E-state index in [1.807, 2.05) is 62.4 Å². The molecule has 1 aliphatic heterocycles. The Morgan fingerprint density at radius 1 is 0.911 bits per heavy atom. The summed E-state index contributed by atoms with van der Waals surface area (Å²) in [7, 11) is 2.63. The molecule has 45 heavy (non-hydrogen) atoms. The second-order valence-corrected chi connectivity index (χ2v) is 12.1. The minimum Gasteiger partial charge on any atom is -0.497 e. The SMILES string of the molecule is C=C(Nc1cccc(S(=C)Nc2nc3ccccc3nc2Nc2cc(OC)cc(OC)c2)c1)C1CN(CC2=CC=CC2)C1.CC. The fourth-order valence-electron chi connectivity index (χ4n) is 5.18. The third kappa shape index (κ3) is 7.92. The first kappa shape index (κ1) is 31.8. The van der Waals surface area contributed by atoms with Gasteiger partial charge in [0.15, 0.2) is 11.6 Å². The zero-order valence-corrected chi connectivity index (χ0v) is 27.3. The van der Waals surface area contributed by atoms with E-state index in [-0.39, 0.29) is 0 Å². The molecule has 3 N–H and O–H groups in total. The van der Waals surface area contributed by atoms with Gasteiger partial charge in [0.1, 0.15) is 11.5 Å². The average Bonchev–Trinajstić information content (AvgIpc) is 3.57. The summed E-state index contributed by atoms with van der Waals surface area (Å²) in [5, 5.41) is 6.95. The fourth-order valence-corrected chi connectivity index (χ4v) is 6.19. The number of likely N-dealkylation sites (tertiary alicyclic amines) is 1. The van der Waals surface area contributed by atoms with Crippen molar-refractivity contribution in [2.24, 2.45) is 5.92 Å². The fraction of sp³-hybridized carbons (Fsp3) is 0.250. The smallest absolute Gasteiger partial charge is 0.180 e. The maximum Gasteiger partial charge on any atom is 0.180 e. The van der Waals surface area contributed by atoms with Gasteiger partial charge in [0.25, 0.3) is 0 Å². The normalized spacial score (nSPS) is 14.9. The number of nitrogens with one attached hydrogen (secondary N) is 3. The maximum absolute atomic E-state index is 5.45. The molecular formula is C36H42N6O2S. The summed E-state index contributed by atoms with van der Waals surface area (Å²) in [6, 6.07) is 21.7. The molecule has 0 saturated carbocycles. The van der Waals surface area contributed by atoms with E-state index in [0.717, 1.165) is 59.1 Å². The lowest BCUT2D eigenvalue weighted by molar-refractivity contribution is 0.137. The third-order valence-electron chi connectivity index (χ3n) is 7.55. The molecule has 9 heteroatoms. The van der Waals surface area contributed by atoms with E-state index in [1.54, 1.807) is 14.2 Å². The number of ether oxygens (including phenoxy) is 2. The van der Waals surface area contributed by atoms with Crippen LogP contribution >= 0.6 is 10.7 Å². The van der Waals surface area contributed by atoms with Crippen LogP contribution in [0.25, 0.3) is 11.0 Å². The Hall–Kier alpha value is -4.60. The van der Waals surface area contributed by atoms with Crippen molar-refractivity contribution in [2.75, 3.05) is 49.2 Å². The van der Waals surface area contributed by atoms with Gasteiger partial charge in [-0.25, -0.2) is 9.97 Å². The van der Waals surface area contributed by atoms with Crippen molar-refractivity contribution in [3.8, 4) is 11.5 Å². The standard InChI is InChI=1S/C34H36N6O2S.C2H6/c1-23(25-21-40(22-25)20-24-10-5-6-11-24)35-26-12-9-13-30(18-26)43(4)39-34-33(37-31-14-7-8-15-32(31)38-34)36-27-16-28(41-2)19-29(17-27)42-3;1-2/h5-10,12-19,25,35H,1,4,11,20-22H2,2-3H3,(H,36,37)(H,38,39);1-2H3.